The van der Waals surface area contributed by atoms with Crippen LogP contribution in [0.4, 0.5) is 22.0 Å². The van der Waals surface area contributed by atoms with Gasteiger partial charge in [0.15, 0.2) is 29.1 Å². The molecule has 0 saturated heterocycles. The van der Waals surface area contributed by atoms with Gasteiger partial charge in [0.1, 0.15) is 0 Å². The van der Waals surface area contributed by atoms with Gasteiger partial charge in [-0.15, -0.1) is 0 Å². The molecular formula is C30H15F5. The summed E-state index contributed by atoms with van der Waals surface area (Å²) >= 11 is 0. The Morgan fingerprint density at radius 1 is 0.400 bits per heavy atom. The van der Waals surface area contributed by atoms with Crippen LogP contribution in [0.25, 0.3) is 54.6 Å². The molecule has 0 aliphatic heterocycles. The van der Waals surface area contributed by atoms with Gasteiger partial charge in [0.2, 0.25) is 0 Å². The zero-order valence-electron chi connectivity index (χ0n) is 18.1. The molecule has 6 aromatic carbocycles. The molecule has 170 valence electrons. The zero-order valence-corrected chi connectivity index (χ0v) is 18.1. The largest absolute Gasteiger partial charge is 0.204 e. The maximum atomic E-state index is 14.1. The second-order valence-corrected chi connectivity index (χ2v) is 8.46. The Bertz CT molecular complexity index is 1780. The van der Waals surface area contributed by atoms with Gasteiger partial charge in [-0.3, -0.25) is 0 Å². The predicted octanol–water partition coefficient (Wildman–Crippen LogP) is 9.18. The zero-order chi connectivity index (χ0) is 24.3. The van der Waals surface area contributed by atoms with E-state index in [0.717, 1.165) is 56.9 Å². The van der Waals surface area contributed by atoms with Crippen molar-refractivity contribution in [1.29, 1.82) is 0 Å². The number of halogens is 5. The lowest BCUT2D eigenvalue weighted by Gasteiger charge is -2.16. The van der Waals surface area contributed by atoms with Gasteiger partial charge in [0.05, 0.1) is 0 Å². The van der Waals surface area contributed by atoms with Crippen LogP contribution in [0.15, 0.2) is 91.0 Å². The predicted molar refractivity (Wildman–Crippen MR) is 130 cm³/mol. The maximum absolute atomic E-state index is 14.1. The minimum Gasteiger partial charge on any atom is -0.204 e. The first-order valence-corrected chi connectivity index (χ1v) is 10.9. The van der Waals surface area contributed by atoms with E-state index < -0.39 is 29.1 Å². The third-order valence-electron chi connectivity index (χ3n) is 6.37. The van der Waals surface area contributed by atoms with Crippen LogP contribution in [-0.2, 0) is 0 Å². The van der Waals surface area contributed by atoms with Gasteiger partial charge in [-0.05, 0) is 91.0 Å². The molecular weight excluding hydrogens is 455 g/mol. The number of rotatable bonds is 2. The van der Waals surface area contributed by atoms with Crippen molar-refractivity contribution >= 4 is 32.3 Å². The highest BCUT2D eigenvalue weighted by Gasteiger charge is 2.17. The van der Waals surface area contributed by atoms with Crippen molar-refractivity contribution in [3.05, 3.63) is 120 Å². The molecule has 6 aromatic rings. The summed E-state index contributed by atoms with van der Waals surface area (Å²) in [6, 6.07) is 24.6. The lowest BCUT2D eigenvalue weighted by Crippen LogP contribution is -1.93. The van der Waals surface area contributed by atoms with E-state index in [-0.39, 0.29) is 5.56 Å². The lowest BCUT2D eigenvalue weighted by atomic mass is 9.88. The summed E-state index contributed by atoms with van der Waals surface area (Å²) < 4.78 is 69.4. The Hall–Kier alpha value is -4.25. The van der Waals surface area contributed by atoms with Crippen LogP contribution in [0.2, 0.25) is 0 Å². The van der Waals surface area contributed by atoms with E-state index >= 15 is 0 Å². The summed E-state index contributed by atoms with van der Waals surface area (Å²) in [5.74, 6) is -5.88. The number of hydrogen-bond acceptors (Lipinski definition) is 0. The van der Waals surface area contributed by atoms with E-state index in [1.165, 1.54) is 0 Å². The molecule has 0 aliphatic carbocycles. The molecule has 0 atom stereocenters. The standard InChI is InChI=1S/C30H15F5/c31-25-12-16-8-9-18(10-19(16)13-26(25)32)29-22-5-2-1-4-17(22)11-24-21(6-3-7-23(24)29)20-14-27(33)30(35)28(34)15-20/h1-15H. The molecule has 0 saturated carbocycles. The molecule has 0 N–H and O–H groups in total. The van der Waals surface area contributed by atoms with Crippen LogP contribution in [0.5, 0.6) is 0 Å². The van der Waals surface area contributed by atoms with Crippen LogP contribution >= 0.6 is 0 Å². The third kappa shape index (κ3) is 3.43. The SMILES string of the molecule is Fc1cc2ccc(-c3c4ccccc4cc4c(-c5cc(F)c(F)c(F)c5)cccc34)cc2cc1F. The molecule has 0 bridgehead atoms. The first-order valence-electron chi connectivity index (χ1n) is 10.9. The summed E-state index contributed by atoms with van der Waals surface area (Å²) in [7, 11) is 0. The molecule has 0 aliphatic rings. The van der Waals surface area contributed by atoms with Crippen LogP contribution in [0.3, 0.4) is 0 Å². The summed E-state index contributed by atoms with van der Waals surface area (Å²) in [5, 5.41) is 4.44. The molecule has 0 heterocycles. The molecule has 35 heavy (non-hydrogen) atoms. The van der Waals surface area contributed by atoms with Crippen molar-refractivity contribution in [2.75, 3.05) is 0 Å². The summed E-state index contributed by atoms with van der Waals surface area (Å²) in [5.41, 5.74) is 2.37. The third-order valence-corrected chi connectivity index (χ3v) is 6.37. The summed E-state index contributed by atoms with van der Waals surface area (Å²) in [6.07, 6.45) is 0. The van der Waals surface area contributed by atoms with Crippen LogP contribution in [-0.4, -0.2) is 0 Å². The fourth-order valence-electron chi connectivity index (χ4n) is 4.76. The molecule has 0 fully saturated rings. The average Bonchev–Trinajstić information content (AvgIpc) is 2.85. The molecule has 0 nitrogen and oxygen atoms in total. The highest BCUT2D eigenvalue weighted by atomic mass is 19.2. The van der Waals surface area contributed by atoms with Crippen LogP contribution < -0.4 is 0 Å². The van der Waals surface area contributed by atoms with Crippen molar-refractivity contribution in [1.82, 2.24) is 0 Å². The molecule has 0 amide bonds. The Balaban J connectivity index is 1.70. The van der Waals surface area contributed by atoms with E-state index in [9.17, 15) is 22.0 Å². The van der Waals surface area contributed by atoms with Gasteiger partial charge in [-0.1, -0.05) is 54.6 Å². The van der Waals surface area contributed by atoms with Crippen LogP contribution in [0, 0.1) is 29.1 Å². The number of hydrogen-bond donors (Lipinski definition) is 0. The molecule has 0 aromatic heterocycles. The fraction of sp³-hybridized carbons (Fsp3) is 0. The highest BCUT2D eigenvalue weighted by molar-refractivity contribution is 6.16. The first-order chi connectivity index (χ1) is 16.9. The van der Waals surface area contributed by atoms with Crippen molar-refractivity contribution in [3.8, 4) is 22.3 Å². The Kier molecular flexibility index (Phi) is 4.81. The van der Waals surface area contributed by atoms with Crippen LogP contribution in [0.1, 0.15) is 0 Å². The van der Waals surface area contributed by atoms with Crippen molar-refractivity contribution in [3.63, 3.8) is 0 Å². The quantitative estimate of drug-likeness (QED) is 0.134. The smallest absolute Gasteiger partial charge is 0.194 e. The second-order valence-electron chi connectivity index (χ2n) is 8.46. The van der Waals surface area contributed by atoms with E-state index in [2.05, 4.69) is 0 Å². The first kappa shape index (κ1) is 21.3. The topological polar surface area (TPSA) is 0 Å². The molecule has 5 heteroatoms. The van der Waals surface area contributed by atoms with Crippen molar-refractivity contribution < 1.29 is 22.0 Å². The van der Waals surface area contributed by atoms with Crippen molar-refractivity contribution in [2.24, 2.45) is 0 Å². The monoisotopic (exact) mass is 470 g/mol. The minimum atomic E-state index is -1.51. The van der Waals surface area contributed by atoms with E-state index in [1.807, 2.05) is 42.5 Å². The average molecular weight is 470 g/mol. The fourth-order valence-corrected chi connectivity index (χ4v) is 4.76. The van der Waals surface area contributed by atoms with E-state index in [1.54, 1.807) is 24.3 Å². The maximum Gasteiger partial charge on any atom is 0.194 e. The summed E-state index contributed by atoms with van der Waals surface area (Å²) in [6.45, 7) is 0. The Morgan fingerprint density at radius 2 is 1.09 bits per heavy atom. The lowest BCUT2D eigenvalue weighted by molar-refractivity contribution is 0.448. The van der Waals surface area contributed by atoms with E-state index in [4.69, 9.17) is 0 Å². The molecule has 6 rings (SSSR count). The molecule has 0 spiro atoms. The Morgan fingerprint density at radius 3 is 1.86 bits per heavy atom. The van der Waals surface area contributed by atoms with Gasteiger partial charge >= 0.3 is 0 Å². The second kappa shape index (κ2) is 7.91. The van der Waals surface area contributed by atoms with Crippen molar-refractivity contribution in [2.45, 2.75) is 0 Å². The van der Waals surface area contributed by atoms with Gasteiger partial charge < -0.3 is 0 Å². The Labute approximate surface area is 196 Å². The van der Waals surface area contributed by atoms with Gasteiger partial charge in [-0.25, -0.2) is 22.0 Å². The van der Waals surface area contributed by atoms with Gasteiger partial charge in [-0.2, -0.15) is 0 Å². The summed E-state index contributed by atoms with van der Waals surface area (Å²) in [4.78, 5) is 0. The van der Waals surface area contributed by atoms with Gasteiger partial charge in [0, 0.05) is 0 Å². The number of benzene rings is 6. The van der Waals surface area contributed by atoms with E-state index in [0.29, 0.717) is 16.3 Å². The minimum absolute atomic E-state index is 0.212. The molecule has 0 unspecified atom stereocenters. The highest BCUT2D eigenvalue weighted by Crippen LogP contribution is 2.41. The number of fused-ring (bicyclic) bond motifs is 3. The molecule has 0 radical (unpaired) electrons. The van der Waals surface area contributed by atoms with Gasteiger partial charge in [0.25, 0.3) is 0 Å². The normalized spacial score (nSPS) is 11.6.